The quantitative estimate of drug-likeness (QED) is 0.712. The second kappa shape index (κ2) is 3.72. The maximum Gasteiger partial charge on any atom is 0.0787 e. The van der Waals surface area contributed by atoms with Crippen molar-refractivity contribution in [2.75, 3.05) is 0 Å². The second-order valence-corrected chi connectivity index (χ2v) is 3.35. The Labute approximate surface area is 74.1 Å². The van der Waals surface area contributed by atoms with E-state index in [2.05, 4.69) is 19.9 Å². The molecule has 0 bridgehead atoms. The molecule has 0 saturated carbocycles. The van der Waals surface area contributed by atoms with Gasteiger partial charge in [-0.05, 0) is 25.8 Å². The van der Waals surface area contributed by atoms with Gasteiger partial charge in [0.05, 0.1) is 6.10 Å². The fraction of sp³-hybridized carbons (Fsp3) is 0.455. The Bertz CT molecular complexity index is 245. The van der Waals surface area contributed by atoms with Crippen molar-refractivity contribution in [1.29, 1.82) is 0 Å². The molecule has 1 rings (SSSR count). The van der Waals surface area contributed by atoms with E-state index in [1.165, 1.54) is 11.1 Å². The third-order valence-electron chi connectivity index (χ3n) is 2.02. The van der Waals surface area contributed by atoms with Gasteiger partial charge in [0.2, 0.25) is 0 Å². The summed E-state index contributed by atoms with van der Waals surface area (Å²) in [5.41, 5.74) is 3.48. The minimum absolute atomic E-state index is 0.302. The summed E-state index contributed by atoms with van der Waals surface area (Å²) in [6, 6.07) is 6.20. The molecule has 0 fully saturated rings. The van der Waals surface area contributed by atoms with E-state index in [0.717, 1.165) is 12.0 Å². The van der Waals surface area contributed by atoms with E-state index < -0.39 is 0 Å². The summed E-state index contributed by atoms with van der Waals surface area (Å²) in [6.45, 7) is 6.10. The molecule has 0 heterocycles. The molecule has 1 N–H and O–H groups in total. The van der Waals surface area contributed by atoms with Crippen molar-refractivity contribution in [2.45, 2.75) is 33.3 Å². The van der Waals surface area contributed by atoms with Gasteiger partial charge in [-0.2, -0.15) is 0 Å². The van der Waals surface area contributed by atoms with E-state index in [1.54, 1.807) is 0 Å². The van der Waals surface area contributed by atoms with Crippen LogP contribution in [0.5, 0.6) is 0 Å². The number of rotatable bonds is 2. The summed E-state index contributed by atoms with van der Waals surface area (Å²) < 4.78 is 0. The zero-order valence-electron chi connectivity index (χ0n) is 7.96. The van der Waals surface area contributed by atoms with Crippen molar-refractivity contribution < 1.29 is 5.11 Å². The molecule has 0 aliphatic rings. The molecule has 12 heavy (non-hydrogen) atoms. The van der Waals surface area contributed by atoms with Crippen LogP contribution in [0.15, 0.2) is 18.2 Å². The van der Waals surface area contributed by atoms with Crippen LogP contribution in [0.4, 0.5) is 0 Å². The maximum absolute atomic E-state index is 9.58. The smallest absolute Gasteiger partial charge is 0.0787 e. The average Bonchev–Trinajstić information content (AvgIpc) is 2.01. The van der Waals surface area contributed by atoms with Crippen LogP contribution in [-0.4, -0.2) is 5.11 Å². The van der Waals surface area contributed by atoms with E-state index in [1.807, 2.05) is 19.1 Å². The van der Waals surface area contributed by atoms with Crippen LogP contribution in [0.2, 0.25) is 0 Å². The molecule has 0 aliphatic carbocycles. The third kappa shape index (κ3) is 2.08. The van der Waals surface area contributed by atoms with Crippen LogP contribution in [0, 0.1) is 13.8 Å². The number of aliphatic hydroxyl groups excluding tert-OH is 1. The first kappa shape index (κ1) is 9.27. The van der Waals surface area contributed by atoms with Crippen molar-refractivity contribution in [2.24, 2.45) is 0 Å². The molecule has 1 aromatic carbocycles. The maximum atomic E-state index is 9.58. The molecule has 1 nitrogen and oxygen atoms in total. The lowest BCUT2D eigenvalue weighted by Crippen LogP contribution is -1.96. The standard InChI is InChI=1S/C11H16O/c1-4-11(12)10-6-8(2)5-9(3)7-10/h5-7,11-12H,4H2,1-3H3. The van der Waals surface area contributed by atoms with Crippen molar-refractivity contribution in [3.63, 3.8) is 0 Å². The Balaban J connectivity index is 3.00. The van der Waals surface area contributed by atoms with Gasteiger partial charge in [-0.25, -0.2) is 0 Å². The van der Waals surface area contributed by atoms with Crippen LogP contribution in [-0.2, 0) is 0 Å². The highest BCUT2D eigenvalue weighted by Crippen LogP contribution is 2.18. The van der Waals surface area contributed by atoms with Gasteiger partial charge in [0, 0.05) is 0 Å². The lowest BCUT2D eigenvalue weighted by molar-refractivity contribution is 0.173. The molecular weight excluding hydrogens is 148 g/mol. The van der Waals surface area contributed by atoms with E-state index >= 15 is 0 Å². The Morgan fingerprint density at radius 2 is 1.67 bits per heavy atom. The first-order valence-electron chi connectivity index (χ1n) is 4.39. The number of benzene rings is 1. The van der Waals surface area contributed by atoms with E-state index in [4.69, 9.17) is 0 Å². The Morgan fingerprint density at radius 3 is 2.08 bits per heavy atom. The normalized spacial score (nSPS) is 13.0. The van der Waals surface area contributed by atoms with Crippen molar-refractivity contribution >= 4 is 0 Å². The Morgan fingerprint density at radius 1 is 1.17 bits per heavy atom. The van der Waals surface area contributed by atoms with E-state index in [-0.39, 0.29) is 6.10 Å². The highest BCUT2D eigenvalue weighted by Gasteiger charge is 2.04. The van der Waals surface area contributed by atoms with Crippen LogP contribution in [0.25, 0.3) is 0 Å². The van der Waals surface area contributed by atoms with Gasteiger partial charge in [0.1, 0.15) is 0 Å². The van der Waals surface area contributed by atoms with Crippen LogP contribution in [0.1, 0.15) is 36.1 Å². The molecule has 1 atom stereocenters. The van der Waals surface area contributed by atoms with E-state index in [9.17, 15) is 5.11 Å². The minimum atomic E-state index is -0.302. The zero-order valence-corrected chi connectivity index (χ0v) is 7.96. The molecule has 1 unspecified atom stereocenters. The van der Waals surface area contributed by atoms with Gasteiger partial charge >= 0.3 is 0 Å². The van der Waals surface area contributed by atoms with Crippen molar-refractivity contribution in [3.8, 4) is 0 Å². The number of hydrogen-bond acceptors (Lipinski definition) is 1. The molecule has 1 aromatic rings. The van der Waals surface area contributed by atoms with Gasteiger partial charge in [-0.3, -0.25) is 0 Å². The van der Waals surface area contributed by atoms with Gasteiger partial charge in [0.25, 0.3) is 0 Å². The molecule has 66 valence electrons. The fourth-order valence-electron chi connectivity index (χ4n) is 1.44. The summed E-state index contributed by atoms with van der Waals surface area (Å²) in [5.74, 6) is 0. The van der Waals surface area contributed by atoms with Crippen LogP contribution in [0.3, 0.4) is 0 Å². The monoisotopic (exact) mass is 164 g/mol. The van der Waals surface area contributed by atoms with Gasteiger partial charge in [-0.15, -0.1) is 0 Å². The highest BCUT2D eigenvalue weighted by atomic mass is 16.3. The molecule has 0 aliphatic heterocycles. The van der Waals surface area contributed by atoms with Crippen molar-refractivity contribution in [1.82, 2.24) is 0 Å². The van der Waals surface area contributed by atoms with E-state index in [0.29, 0.717) is 0 Å². The molecule has 1 heteroatoms. The predicted octanol–water partition coefficient (Wildman–Crippen LogP) is 2.75. The molecule has 0 saturated heterocycles. The minimum Gasteiger partial charge on any atom is -0.388 e. The summed E-state index contributed by atoms with van der Waals surface area (Å²) >= 11 is 0. The number of aryl methyl sites for hydroxylation is 2. The Kier molecular flexibility index (Phi) is 2.88. The summed E-state index contributed by atoms with van der Waals surface area (Å²) in [5, 5.41) is 9.58. The first-order valence-corrected chi connectivity index (χ1v) is 4.39. The van der Waals surface area contributed by atoms with Gasteiger partial charge < -0.3 is 5.11 Å². The third-order valence-corrected chi connectivity index (χ3v) is 2.02. The fourth-order valence-corrected chi connectivity index (χ4v) is 1.44. The lowest BCUT2D eigenvalue weighted by atomic mass is 10.0. The first-order chi connectivity index (χ1) is 5.63. The topological polar surface area (TPSA) is 20.2 Å². The molecule has 0 spiro atoms. The molecule has 0 aromatic heterocycles. The summed E-state index contributed by atoms with van der Waals surface area (Å²) in [6.07, 6.45) is 0.478. The lowest BCUT2D eigenvalue weighted by Gasteiger charge is -2.09. The second-order valence-electron chi connectivity index (χ2n) is 3.35. The molecule has 0 amide bonds. The number of hydrogen-bond donors (Lipinski definition) is 1. The predicted molar refractivity (Wildman–Crippen MR) is 51.2 cm³/mol. The van der Waals surface area contributed by atoms with Crippen molar-refractivity contribution in [3.05, 3.63) is 34.9 Å². The van der Waals surface area contributed by atoms with Gasteiger partial charge in [0.15, 0.2) is 0 Å². The Hall–Kier alpha value is -0.820. The van der Waals surface area contributed by atoms with Gasteiger partial charge in [-0.1, -0.05) is 36.2 Å². The summed E-state index contributed by atoms with van der Waals surface area (Å²) in [4.78, 5) is 0. The molecular formula is C11H16O. The highest BCUT2D eigenvalue weighted by molar-refractivity contribution is 5.29. The largest absolute Gasteiger partial charge is 0.388 e. The number of aliphatic hydroxyl groups is 1. The SMILES string of the molecule is CCC(O)c1cc(C)cc(C)c1. The van der Waals surface area contributed by atoms with Crippen LogP contribution >= 0.6 is 0 Å². The summed E-state index contributed by atoms with van der Waals surface area (Å²) in [7, 11) is 0. The molecule has 0 radical (unpaired) electrons. The zero-order chi connectivity index (χ0) is 9.14. The average molecular weight is 164 g/mol. The van der Waals surface area contributed by atoms with Crippen LogP contribution < -0.4 is 0 Å².